The Balaban J connectivity index is 2.67. The summed E-state index contributed by atoms with van der Waals surface area (Å²) in [5.74, 6) is -1.55. The molecule has 0 aromatic heterocycles. The molecule has 0 aliphatic heterocycles. The standard InChI is InChI=1S/C14H20N2O3/c1-9-5-7-12(8-6-9)16(4)14(19)15-11(3)10(2)13(17)18/h5-8,10-11H,1-4H3,(H,15,19)(H,17,18). The van der Waals surface area contributed by atoms with Crippen LogP contribution in [0.2, 0.25) is 0 Å². The molecule has 2 atom stereocenters. The van der Waals surface area contributed by atoms with E-state index in [2.05, 4.69) is 5.32 Å². The maximum Gasteiger partial charge on any atom is 0.321 e. The van der Waals surface area contributed by atoms with E-state index in [0.29, 0.717) is 0 Å². The Morgan fingerprint density at radius 2 is 1.74 bits per heavy atom. The first kappa shape index (κ1) is 15.0. The predicted molar refractivity (Wildman–Crippen MR) is 74.4 cm³/mol. The molecule has 0 aliphatic carbocycles. The average Bonchev–Trinajstić information content (AvgIpc) is 2.37. The summed E-state index contributed by atoms with van der Waals surface area (Å²) in [6.45, 7) is 5.22. The molecule has 0 fully saturated rings. The van der Waals surface area contributed by atoms with Gasteiger partial charge in [0, 0.05) is 18.8 Å². The summed E-state index contributed by atoms with van der Waals surface area (Å²) in [6, 6.07) is 6.79. The number of rotatable bonds is 4. The molecule has 2 amide bonds. The molecule has 0 aliphatic rings. The number of carbonyl (C=O) groups excluding carboxylic acids is 1. The normalized spacial score (nSPS) is 13.5. The van der Waals surface area contributed by atoms with Gasteiger partial charge in [-0.1, -0.05) is 17.7 Å². The smallest absolute Gasteiger partial charge is 0.321 e. The number of aryl methyl sites for hydroxylation is 1. The molecule has 0 spiro atoms. The van der Waals surface area contributed by atoms with Crippen molar-refractivity contribution in [1.82, 2.24) is 5.32 Å². The first-order valence-electron chi connectivity index (χ1n) is 6.16. The molecule has 0 heterocycles. The monoisotopic (exact) mass is 264 g/mol. The van der Waals surface area contributed by atoms with E-state index in [1.165, 1.54) is 4.90 Å². The molecule has 19 heavy (non-hydrogen) atoms. The number of urea groups is 1. The minimum Gasteiger partial charge on any atom is -0.481 e. The number of carbonyl (C=O) groups is 2. The second-order valence-corrected chi connectivity index (χ2v) is 4.76. The molecule has 0 saturated carbocycles. The number of aliphatic carboxylic acids is 1. The van der Waals surface area contributed by atoms with Gasteiger partial charge in [-0.05, 0) is 32.9 Å². The van der Waals surface area contributed by atoms with Gasteiger partial charge in [0.15, 0.2) is 0 Å². The van der Waals surface area contributed by atoms with Crippen molar-refractivity contribution in [1.29, 1.82) is 0 Å². The van der Waals surface area contributed by atoms with Crippen molar-refractivity contribution in [3.8, 4) is 0 Å². The Labute approximate surface area is 113 Å². The minimum atomic E-state index is -0.925. The van der Waals surface area contributed by atoms with E-state index in [1.54, 1.807) is 20.9 Å². The van der Waals surface area contributed by atoms with Crippen molar-refractivity contribution in [2.45, 2.75) is 26.8 Å². The number of anilines is 1. The van der Waals surface area contributed by atoms with Crippen LogP contribution in [-0.4, -0.2) is 30.2 Å². The molecule has 1 aromatic rings. The maximum atomic E-state index is 12.0. The van der Waals surface area contributed by atoms with Gasteiger partial charge >= 0.3 is 12.0 Å². The van der Waals surface area contributed by atoms with Crippen LogP contribution in [-0.2, 0) is 4.79 Å². The highest BCUT2D eigenvalue weighted by molar-refractivity contribution is 5.91. The summed E-state index contributed by atoms with van der Waals surface area (Å²) >= 11 is 0. The topological polar surface area (TPSA) is 69.6 Å². The molecular formula is C14H20N2O3. The fraction of sp³-hybridized carbons (Fsp3) is 0.429. The van der Waals surface area contributed by atoms with Crippen LogP contribution in [0.3, 0.4) is 0 Å². The van der Waals surface area contributed by atoms with Gasteiger partial charge in [0.25, 0.3) is 0 Å². The number of hydrogen-bond donors (Lipinski definition) is 2. The lowest BCUT2D eigenvalue weighted by molar-refractivity contribution is -0.141. The second kappa shape index (κ2) is 6.22. The first-order valence-corrected chi connectivity index (χ1v) is 6.16. The molecule has 0 bridgehead atoms. The van der Waals surface area contributed by atoms with Gasteiger partial charge in [-0.2, -0.15) is 0 Å². The van der Waals surface area contributed by atoms with Crippen molar-refractivity contribution in [2.24, 2.45) is 5.92 Å². The third-order valence-corrected chi connectivity index (χ3v) is 3.22. The molecule has 1 rings (SSSR count). The molecule has 2 unspecified atom stereocenters. The summed E-state index contributed by atoms with van der Waals surface area (Å²) in [5, 5.41) is 11.6. The van der Waals surface area contributed by atoms with Gasteiger partial charge in [0.1, 0.15) is 0 Å². The molecule has 0 saturated heterocycles. The molecule has 1 aromatic carbocycles. The zero-order chi connectivity index (χ0) is 14.6. The first-order chi connectivity index (χ1) is 8.82. The Hall–Kier alpha value is -2.04. The molecule has 5 heteroatoms. The van der Waals surface area contributed by atoms with Gasteiger partial charge in [0.2, 0.25) is 0 Å². The SMILES string of the molecule is Cc1ccc(N(C)C(=O)NC(C)C(C)C(=O)O)cc1. The largest absolute Gasteiger partial charge is 0.481 e. The summed E-state index contributed by atoms with van der Waals surface area (Å²) in [7, 11) is 1.65. The van der Waals surface area contributed by atoms with Gasteiger partial charge in [0.05, 0.1) is 5.92 Å². The lowest BCUT2D eigenvalue weighted by Gasteiger charge is -2.23. The van der Waals surface area contributed by atoms with Crippen molar-refractivity contribution >= 4 is 17.7 Å². The Morgan fingerprint density at radius 3 is 2.21 bits per heavy atom. The molecule has 2 N–H and O–H groups in total. The van der Waals surface area contributed by atoms with Crippen LogP contribution >= 0.6 is 0 Å². The van der Waals surface area contributed by atoms with Crippen LogP contribution in [0.25, 0.3) is 0 Å². The van der Waals surface area contributed by atoms with Crippen LogP contribution in [0.1, 0.15) is 19.4 Å². The zero-order valence-electron chi connectivity index (χ0n) is 11.7. The molecule has 0 radical (unpaired) electrons. The maximum absolute atomic E-state index is 12.0. The number of hydrogen-bond acceptors (Lipinski definition) is 2. The summed E-state index contributed by atoms with van der Waals surface area (Å²) in [5.41, 5.74) is 1.88. The van der Waals surface area contributed by atoms with Crippen molar-refractivity contribution in [3.63, 3.8) is 0 Å². The van der Waals surface area contributed by atoms with Gasteiger partial charge in [-0.25, -0.2) is 4.79 Å². The Morgan fingerprint density at radius 1 is 1.21 bits per heavy atom. The van der Waals surface area contributed by atoms with E-state index in [0.717, 1.165) is 11.3 Å². The number of nitrogens with zero attached hydrogens (tertiary/aromatic N) is 1. The number of carboxylic acid groups (broad SMARTS) is 1. The summed E-state index contributed by atoms with van der Waals surface area (Å²) in [6.07, 6.45) is 0. The molecular weight excluding hydrogens is 244 g/mol. The van der Waals surface area contributed by atoms with E-state index in [-0.39, 0.29) is 6.03 Å². The van der Waals surface area contributed by atoms with Crippen LogP contribution in [0.4, 0.5) is 10.5 Å². The molecule has 5 nitrogen and oxygen atoms in total. The fourth-order valence-electron chi connectivity index (χ4n) is 1.52. The van der Waals surface area contributed by atoms with Crippen molar-refractivity contribution in [2.75, 3.05) is 11.9 Å². The molecule has 104 valence electrons. The third-order valence-electron chi connectivity index (χ3n) is 3.22. The Kier molecular flexibility index (Phi) is 4.92. The van der Waals surface area contributed by atoms with Crippen LogP contribution in [0.15, 0.2) is 24.3 Å². The highest BCUT2D eigenvalue weighted by Gasteiger charge is 2.22. The van der Waals surface area contributed by atoms with Gasteiger partial charge in [-0.15, -0.1) is 0 Å². The van der Waals surface area contributed by atoms with Crippen LogP contribution < -0.4 is 10.2 Å². The third kappa shape index (κ3) is 3.98. The Bertz CT molecular complexity index is 456. The number of nitrogens with one attached hydrogen (secondary N) is 1. The quantitative estimate of drug-likeness (QED) is 0.876. The summed E-state index contributed by atoms with van der Waals surface area (Å²) < 4.78 is 0. The predicted octanol–water partition coefficient (Wildman–Crippen LogP) is 2.25. The highest BCUT2D eigenvalue weighted by Crippen LogP contribution is 2.14. The van der Waals surface area contributed by atoms with Gasteiger partial charge in [-0.3, -0.25) is 9.69 Å². The zero-order valence-corrected chi connectivity index (χ0v) is 11.7. The van der Waals surface area contributed by atoms with Crippen molar-refractivity contribution in [3.05, 3.63) is 29.8 Å². The number of carboxylic acids is 1. The van der Waals surface area contributed by atoms with E-state index in [9.17, 15) is 9.59 Å². The summed E-state index contributed by atoms with van der Waals surface area (Å²) in [4.78, 5) is 24.3. The van der Waals surface area contributed by atoms with Crippen molar-refractivity contribution < 1.29 is 14.7 Å². The van der Waals surface area contributed by atoms with E-state index in [4.69, 9.17) is 5.11 Å². The fourth-order valence-corrected chi connectivity index (χ4v) is 1.52. The van der Waals surface area contributed by atoms with E-state index in [1.807, 2.05) is 31.2 Å². The van der Waals surface area contributed by atoms with Gasteiger partial charge < -0.3 is 10.4 Å². The minimum absolute atomic E-state index is 0.315. The highest BCUT2D eigenvalue weighted by atomic mass is 16.4. The van der Waals surface area contributed by atoms with E-state index >= 15 is 0 Å². The van der Waals surface area contributed by atoms with Crippen LogP contribution in [0.5, 0.6) is 0 Å². The van der Waals surface area contributed by atoms with E-state index < -0.39 is 17.9 Å². The second-order valence-electron chi connectivity index (χ2n) is 4.76. The lowest BCUT2D eigenvalue weighted by Crippen LogP contribution is -2.46. The lowest BCUT2D eigenvalue weighted by atomic mass is 10.0. The number of amides is 2. The number of benzene rings is 1. The average molecular weight is 264 g/mol. The van der Waals surface area contributed by atoms with Crippen LogP contribution in [0, 0.1) is 12.8 Å².